The molecule has 11 nitrogen and oxygen atoms in total. The van der Waals surface area contributed by atoms with Crippen LogP contribution < -0.4 is 0 Å². The first kappa shape index (κ1) is 31.0. The molecular weight excluding hydrogens is 582 g/mol. The molecule has 0 bridgehead atoms. The molecule has 0 N–H and O–H groups in total. The van der Waals surface area contributed by atoms with E-state index in [0.717, 1.165) is 16.9 Å². The quantitative estimate of drug-likeness (QED) is 0.196. The van der Waals surface area contributed by atoms with Gasteiger partial charge in [0.2, 0.25) is 0 Å². The fourth-order valence-corrected chi connectivity index (χ4v) is 5.49. The van der Waals surface area contributed by atoms with Crippen molar-refractivity contribution in [1.29, 1.82) is 0 Å². The van der Waals surface area contributed by atoms with Crippen LogP contribution in [0, 0.1) is 0 Å². The second-order valence-corrected chi connectivity index (χ2v) is 13.4. The summed E-state index contributed by atoms with van der Waals surface area (Å²) in [5.41, 5.74) is 3.18. The molecule has 3 aromatic heterocycles. The predicted octanol–water partition coefficient (Wildman–Crippen LogP) is 6.98. The van der Waals surface area contributed by atoms with Gasteiger partial charge in [-0.2, -0.15) is 0 Å². The summed E-state index contributed by atoms with van der Waals surface area (Å²) in [5, 5.41) is 0. The van der Waals surface area contributed by atoms with Gasteiger partial charge in [-0.25, -0.2) is 33.7 Å². The molecule has 0 unspecified atom stereocenters. The molecule has 46 heavy (non-hydrogen) atoms. The highest BCUT2D eigenvalue weighted by Gasteiger charge is 2.26. The van der Waals surface area contributed by atoms with Gasteiger partial charge in [0.05, 0.1) is 52.7 Å². The molecule has 0 saturated heterocycles. The van der Waals surface area contributed by atoms with Crippen LogP contribution in [-0.2, 0) is 29.1 Å². The van der Waals surface area contributed by atoms with E-state index in [-0.39, 0.29) is 6.54 Å². The van der Waals surface area contributed by atoms with E-state index in [1.807, 2.05) is 121 Å². The third-order valence-corrected chi connectivity index (χ3v) is 7.27. The van der Waals surface area contributed by atoms with Crippen molar-refractivity contribution in [3.63, 3.8) is 0 Å². The number of nitrogens with zero attached hydrogens (tertiary/aromatic N) is 7. The summed E-state index contributed by atoms with van der Waals surface area (Å²) in [6.45, 7) is 12.1. The number of rotatable bonds is 6. The number of hydrogen-bond acceptors (Lipinski definition) is 8. The standard InChI is InChI=1S/C35H39N7O4/c1-34(2,3)45-32(43)41-27-18-12-9-15-24(27)37-30(41)21-39(7)20-29-36-23-14-8-11-17-26(23)40(29)22-31-38-25-16-10-13-19-28(25)42(31)33(44)46-35(4,5)6/h8-19H,20-22H2,1-7H3. The van der Waals surface area contributed by atoms with E-state index in [4.69, 9.17) is 24.4 Å². The fourth-order valence-electron chi connectivity index (χ4n) is 5.49. The Morgan fingerprint density at radius 2 is 1.00 bits per heavy atom. The summed E-state index contributed by atoms with van der Waals surface area (Å²) >= 11 is 0. The van der Waals surface area contributed by atoms with Gasteiger partial charge in [-0.15, -0.1) is 0 Å². The van der Waals surface area contributed by atoms with Crippen LogP contribution in [0.3, 0.4) is 0 Å². The Bertz CT molecular complexity index is 2070. The Labute approximate surface area is 267 Å². The van der Waals surface area contributed by atoms with Crippen molar-refractivity contribution in [2.75, 3.05) is 7.05 Å². The molecular formula is C35H39N7O4. The molecule has 3 aromatic carbocycles. The van der Waals surface area contributed by atoms with E-state index in [2.05, 4.69) is 9.47 Å². The van der Waals surface area contributed by atoms with Crippen LogP contribution in [0.1, 0.15) is 59.0 Å². The van der Waals surface area contributed by atoms with Gasteiger partial charge in [0.25, 0.3) is 0 Å². The molecule has 0 aliphatic heterocycles. The zero-order valence-corrected chi connectivity index (χ0v) is 27.3. The third-order valence-electron chi connectivity index (χ3n) is 7.27. The average molecular weight is 622 g/mol. The maximum Gasteiger partial charge on any atom is 0.420 e. The van der Waals surface area contributed by atoms with Crippen molar-refractivity contribution in [1.82, 2.24) is 33.6 Å². The van der Waals surface area contributed by atoms with Crippen molar-refractivity contribution in [2.24, 2.45) is 0 Å². The highest BCUT2D eigenvalue weighted by molar-refractivity contribution is 5.88. The molecule has 0 fully saturated rings. The predicted molar refractivity (Wildman–Crippen MR) is 177 cm³/mol. The number of carbonyl (C=O) groups excluding carboxylic acids is 2. The van der Waals surface area contributed by atoms with Crippen molar-refractivity contribution in [2.45, 2.75) is 72.4 Å². The number of ether oxygens (including phenoxy) is 2. The molecule has 238 valence electrons. The smallest absolute Gasteiger partial charge is 0.420 e. The van der Waals surface area contributed by atoms with E-state index in [9.17, 15) is 9.59 Å². The fraction of sp³-hybridized carbons (Fsp3) is 0.343. The number of carbonyl (C=O) groups is 2. The third kappa shape index (κ3) is 6.36. The zero-order valence-electron chi connectivity index (χ0n) is 27.3. The van der Waals surface area contributed by atoms with Crippen LogP contribution in [0.25, 0.3) is 33.1 Å². The first-order valence-corrected chi connectivity index (χ1v) is 15.3. The van der Waals surface area contributed by atoms with Crippen LogP contribution in [0.5, 0.6) is 0 Å². The summed E-state index contributed by atoms with van der Waals surface area (Å²) < 4.78 is 16.7. The SMILES string of the molecule is CN(Cc1nc2ccccc2n1Cc1nc2ccccc2n1C(=O)OC(C)(C)C)Cc1nc2ccccc2n1C(=O)OC(C)(C)C. The van der Waals surface area contributed by atoms with E-state index in [0.29, 0.717) is 46.8 Å². The summed E-state index contributed by atoms with van der Waals surface area (Å²) in [6.07, 6.45) is -0.960. The van der Waals surface area contributed by atoms with Gasteiger partial charge in [0.15, 0.2) is 0 Å². The maximum atomic E-state index is 13.5. The highest BCUT2D eigenvalue weighted by Crippen LogP contribution is 2.25. The molecule has 0 radical (unpaired) electrons. The van der Waals surface area contributed by atoms with Crippen molar-refractivity contribution < 1.29 is 19.1 Å². The van der Waals surface area contributed by atoms with E-state index < -0.39 is 23.4 Å². The minimum absolute atomic E-state index is 0.286. The second kappa shape index (κ2) is 11.7. The molecule has 0 aliphatic rings. The van der Waals surface area contributed by atoms with Crippen LogP contribution in [-0.4, -0.2) is 64.0 Å². The highest BCUT2D eigenvalue weighted by atomic mass is 16.6. The number of hydrogen-bond donors (Lipinski definition) is 0. The number of para-hydroxylation sites is 6. The molecule has 0 saturated carbocycles. The van der Waals surface area contributed by atoms with Crippen molar-refractivity contribution >= 4 is 45.3 Å². The molecule has 11 heteroatoms. The van der Waals surface area contributed by atoms with Gasteiger partial charge in [-0.1, -0.05) is 36.4 Å². The van der Waals surface area contributed by atoms with Gasteiger partial charge < -0.3 is 14.0 Å². The minimum Gasteiger partial charge on any atom is -0.443 e. The maximum absolute atomic E-state index is 13.5. The minimum atomic E-state index is -0.675. The topological polar surface area (TPSA) is 109 Å². The Hall–Kier alpha value is -5.03. The molecule has 0 aliphatic carbocycles. The first-order chi connectivity index (χ1) is 21.8. The molecule has 0 atom stereocenters. The van der Waals surface area contributed by atoms with Crippen LogP contribution in [0.4, 0.5) is 9.59 Å². The van der Waals surface area contributed by atoms with Crippen molar-refractivity contribution in [3.05, 3.63) is 90.3 Å². The Morgan fingerprint density at radius 1 is 0.609 bits per heavy atom. The lowest BCUT2D eigenvalue weighted by Gasteiger charge is -2.22. The second-order valence-electron chi connectivity index (χ2n) is 13.4. The summed E-state index contributed by atoms with van der Waals surface area (Å²) in [5.74, 6) is 1.87. The van der Waals surface area contributed by atoms with E-state index in [1.165, 1.54) is 0 Å². The number of aromatic nitrogens is 6. The molecule has 6 aromatic rings. The molecule has 0 spiro atoms. The molecule has 0 amide bonds. The average Bonchev–Trinajstić information content (AvgIpc) is 3.62. The summed E-state index contributed by atoms with van der Waals surface area (Å²) in [4.78, 5) is 43.5. The number of benzene rings is 3. The lowest BCUT2D eigenvalue weighted by atomic mass is 10.2. The number of imidazole rings is 3. The zero-order chi connectivity index (χ0) is 32.8. The Kier molecular flexibility index (Phi) is 7.89. The Balaban J connectivity index is 1.36. The lowest BCUT2D eigenvalue weighted by molar-refractivity contribution is 0.0524. The normalized spacial score (nSPS) is 12.4. The van der Waals surface area contributed by atoms with Crippen LogP contribution >= 0.6 is 0 Å². The number of fused-ring (bicyclic) bond motifs is 3. The van der Waals surface area contributed by atoms with Gasteiger partial charge in [0.1, 0.15) is 28.7 Å². The van der Waals surface area contributed by atoms with Crippen LogP contribution in [0.2, 0.25) is 0 Å². The van der Waals surface area contributed by atoms with Gasteiger partial charge in [0, 0.05) is 0 Å². The van der Waals surface area contributed by atoms with Crippen molar-refractivity contribution in [3.8, 4) is 0 Å². The monoisotopic (exact) mass is 621 g/mol. The largest absolute Gasteiger partial charge is 0.443 e. The van der Waals surface area contributed by atoms with E-state index >= 15 is 0 Å². The Morgan fingerprint density at radius 3 is 1.52 bits per heavy atom. The summed E-state index contributed by atoms with van der Waals surface area (Å²) in [6, 6.07) is 23.0. The lowest BCUT2D eigenvalue weighted by Crippen LogP contribution is -2.30. The molecule has 6 rings (SSSR count). The summed E-state index contributed by atoms with van der Waals surface area (Å²) in [7, 11) is 1.96. The molecule has 3 heterocycles. The van der Waals surface area contributed by atoms with Gasteiger partial charge in [-0.05, 0) is 85.0 Å². The van der Waals surface area contributed by atoms with E-state index in [1.54, 1.807) is 9.13 Å². The van der Waals surface area contributed by atoms with Gasteiger partial charge in [-0.3, -0.25) is 4.90 Å². The van der Waals surface area contributed by atoms with Gasteiger partial charge >= 0.3 is 12.2 Å². The first-order valence-electron chi connectivity index (χ1n) is 15.3. The van der Waals surface area contributed by atoms with Crippen LogP contribution in [0.15, 0.2) is 72.8 Å².